The van der Waals surface area contributed by atoms with Crippen molar-refractivity contribution in [2.45, 2.75) is 38.5 Å². The maximum absolute atomic E-state index is 12.7. The highest BCUT2D eigenvalue weighted by molar-refractivity contribution is 5.89. The molecule has 2 atom stereocenters. The Kier molecular flexibility index (Phi) is 4.93. The van der Waals surface area contributed by atoms with Crippen molar-refractivity contribution >= 4 is 22.8 Å². The minimum atomic E-state index is -0.757. The number of hydrogen-bond donors (Lipinski definition) is 4. The van der Waals surface area contributed by atoms with E-state index in [0.717, 1.165) is 5.56 Å². The second-order valence-electron chi connectivity index (χ2n) is 7.24. The fraction of sp³-hybridized carbons (Fsp3) is 0.368. The van der Waals surface area contributed by atoms with Crippen LogP contribution in [-0.2, 0) is 22.6 Å². The molecule has 2 aromatic heterocycles. The summed E-state index contributed by atoms with van der Waals surface area (Å²) in [7, 11) is 0. The highest BCUT2D eigenvalue weighted by atomic mass is 16.5. The molecule has 2 amide bonds. The molecule has 152 valence electrons. The predicted molar refractivity (Wildman–Crippen MR) is 102 cm³/mol. The van der Waals surface area contributed by atoms with Gasteiger partial charge in [-0.15, -0.1) is 0 Å². The van der Waals surface area contributed by atoms with Crippen molar-refractivity contribution in [1.29, 1.82) is 0 Å². The summed E-state index contributed by atoms with van der Waals surface area (Å²) in [5, 5.41) is 16.6. The first-order valence-corrected chi connectivity index (χ1v) is 9.27. The number of likely N-dealkylation sites (tertiary alicyclic amines) is 1. The third-order valence-electron chi connectivity index (χ3n) is 4.95. The van der Waals surface area contributed by atoms with Crippen molar-refractivity contribution < 1.29 is 19.2 Å². The topological polar surface area (TPSA) is 144 Å². The molecular formula is C19H21N5O5. The van der Waals surface area contributed by atoms with Gasteiger partial charge in [-0.2, -0.15) is 0 Å². The molecule has 1 saturated heterocycles. The Balaban J connectivity index is 1.41. The van der Waals surface area contributed by atoms with Gasteiger partial charge in [-0.1, -0.05) is 11.2 Å². The zero-order valence-electron chi connectivity index (χ0n) is 15.8. The van der Waals surface area contributed by atoms with Gasteiger partial charge in [-0.25, -0.2) is 4.79 Å². The van der Waals surface area contributed by atoms with Gasteiger partial charge < -0.3 is 29.8 Å². The summed E-state index contributed by atoms with van der Waals surface area (Å²) < 4.78 is 5.07. The normalized spacial score (nSPS) is 19.0. The van der Waals surface area contributed by atoms with Gasteiger partial charge in [-0.3, -0.25) is 9.59 Å². The number of nitrogens with zero attached hydrogens (tertiary/aromatic N) is 2. The second-order valence-corrected chi connectivity index (χ2v) is 7.24. The van der Waals surface area contributed by atoms with Crippen molar-refractivity contribution in [2.24, 2.45) is 0 Å². The number of aryl methyl sites for hydroxylation is 1. The average Bonchev–Trinajstić information content (AvgIpc) is 3.36. The van der Waals surface area contributed by atoms with E-state index in [0.29, 0.717) is 22.5 Å². The molecule has 0 radical (unpaired) electrons. The number of benzene rings is 1. The molecule has 10 nitrogen and oxygen atoms in total. The number of β-amino-alcohol motifs (C(OH)–C–C–N with tert-alkyl or cyclic N) is 1. The van der Waals surface area contributed by atoms with E-state index in [1.165, 1.54) is 4.90 Å². The number of aliphatic hydroxyl groups excluding tert-OH is 1. The smallest absolute Gasteiger partial charge is 0.323 e. The molecule has 1 aliphatic heterocycles. The van der Waals surface area contributed by atoms with Gasteiger partial charge in [0.1, 0.15) is 11.8 Å². The molecule has 1 aliphatic rings. The van der Waals surface area contributed by atoms with Gasteiger partial charge in [0.05, 0.1) is 29.3 Å². The Morgan fingerprint density at radius 2 is 2.10 bits per heavy atom. The molecule has 0 spiro atoms. The first-order valence-electron chi connectivity index (χ1n) is 9.27. The Hall–Kier alpha value is -3.40. The number of carbonyl (C=O) groups excluding carboxylic acids is 2. The summed E-state index contributed by atoms with van der Waals surface area (Å²) in [6.07, 6.45) is -0.598. The van der Waals surface area contributed by atoms with Crippen molar-refractivity contribution in [3.05, 3.63) is 51.8 Å². The van der Waals surface area contributed by atoms with Gasteiger partial charge in [0, 0.05) is 25.6 Å². The molecule has 0 unspecified atom stereocenters. The van der Waals surface area contributed by atoms with Crippen LogP contribution in [0.4, 0.5) is 0 Å². The van der Waals surface area contributed by atoms with Crippen LogP contribution in [0, 0.1) is 6.92 Å². The van der Waals surface area contributed by atoms with E-state index in [2.05, 4.69) is 20.4 Å². The van der Waals surface area contributed by atoms with Crippen LogP contribution in [0.3, 0.4) is 0 Å². The number of H-pyrrole nitrogens is 2. The third-order valence-corrected chi connectivity index (χ3v) is 4.95. The van der Waals surface area contributed by atoms with E-state index >= 15 is 0 Å². The number of aromatic nitrogens is 3. The summed E-state index contributed by atoms with van der Waals surface area (Å²) in [6, 6.07) is 6.24. The molecule has 4 rings (SSSR count). The Morgan fingerprint density at radius 1 is 1.31 bits per heavy atom. The lowest BCUT2D eigenvalue weighted by atomic mass is 10.1. The lowest BCUT2D eigenvalue weighted by molar-refractivity contribution is -0.138. The van der Waals surface area contributed by atoms with Crippen LogP contribution < -0.4 is 11.0 Å². The SMILES string of the molecule is Cc1cc(CC(=O)N2C[C@H](O)C[C@H]2C(=O)NCc2ccc3[nH]c(=O)[nH]c3c2)on1. The summed E-state index contributed by atoms with van der Waals surface area (Å²) in [5.74, 6) is -0.225. The minimum Gasteiger partial charge on any atom is -0.391 e. The van der Waals surface area contributed by atoms with Crippen molar-refractivity contribution in [3.63, 3.8) is 0 Å². The largest absolute Gasteiger partial charge is 0.391 e. The zero-order valence-corrected chi connectivity index (χ0v) is 15.8. The summed E-state index contributed by atoms with van der Waals surface area (Å²) in [5.41, 5.74) is 2.51. The number of amides is 2. The highest BCUT2D eigenvalue weighted by Crippen LogP contribution is 2.20. The molecule has 0 bridgehead atoms. The van der Waals surface area contributed by atoms with Crippen molar-refractivity contribution in [2.75, 3.05) is 6.54 Å². The van der Waals surface area contributed by atoms with E-state index in [1.807, 2.05) is 0 Å². The quantitative estimate of drug-likeness (QED) is 0.474. The average molecular weight is 399 g/mol. The highest BCUT2D eigenvalue weighted by Gasteiger charge is 2.38. The monoisotopic (exact) mass is 399 g/mol. The fourth-order valence-corrected chi connectivity index (χ4v) is 3.58. The van der Waals surface area contributed by atoms with Crippen LogP contribution in [0.25, 0.3) is 11.0 Å². The number of aromatic amines is 2. The lowest BCUT2D eigenvalue weighted by Gasteiger charge is -2.23. The Labute approximate surface area is 164 Å². The van der Waals surface area contributed by atoms with E-state index in [9.17, 15) is 19.5 Å². The van der Waals surface area contributed by atoms with Crippen LogP contribution in [0.1, 0.15) is 23.4 Å². The summed E-state index contributed by atoms with van der Waals surface area (Å²) >= 11 is 0. The van der Waals surface area contributed by atoms with Gasteiger partial charge in [-0.05, 0) is 24.6 Å². The second kappa shape index (κ2) is 7.55. The molecule has 3 heterocycles. The predicted octanol–water partition coefficient (Wildman–Crippen LogP) is -0.0267. The molecule has 0 saturated carbocycles. The van der Waals surface area contributed by atoms with Crippen molar-refractivity contribution in [3.8, 4) is 0 Å². The Morgan fingerprint density at radius 3 is 2.86 bits per heavy atom. The van der Waals surface area contributed by atoms with Crippen LogP contribution in [-0.4, -0.2) is 55.6 Å². The maximum Gasteiger partial charge on any atom is 0.323 e. The van der Waals surface area contributed by atoms with Crippen molar-refractivity contribution in [1.82, 2.24) is 25.3 Å². The van der Waals surface area contributed by atoms with E-state index in [4.69, 9.17) is 4.52 Å². The maximum atomic E-state index is 12.7. The fourth-order valence-electron chi connectivity index (χ4n) is 3.58. The number of rotatable bonds is 5. The molecule has 29 heavy (non-hydrogen) atoms. The molecule has 4 N–H and O–H groups in total. The van der Waals surface area contributed by atoms with Crippen LogP contribution in [0.5, 0.6) is 0 Å². The Bertz CT molecular complexity index is 1110. The first kappa shape index (κ1) is 18.9. The number of carbonyl (C=O) groups is 2. The molecule has 0 aliphatic carbocycles. The number of imidazole rings is 1. The zero-order chi connectivity index (χ0) is 20.5. The summed E-state index contributed by atoms with van der Waals surface area (Å²) in [6.45, 7) is 2.09. The van der Waals surface area contributed by atoms with E-state index in [1.54, 1.807) is 31.2 Å². The van der Waals surface area contributed by atoms with E-state index in [-0.39, 0.29) is 43.4 Å². The van der Waals surface area contributed by atoms with Crippen LogP contribution in [0.15, 0.2) is 33.6 Å². The van der Waals surface area contributed by atoms with Crippen LogP contribution >= 0.6 is 0 Å². The minimum absolute atomic E-state index is 0.0190. The lowest BCUT2D eigenvalue weighted by Crippen LogP contribution is -2.46. The van der Waals surface area contributed by atoms with E-state index < -0.39 is 12.1 Å². The molecular weight excluding hydrogens is 378 g/mol. The summed E-state index contributed by atoms with van der Waals surface area (Å²) in [4.78, 5) is 43.4. The first-order chi connectivity index (χ1) is 13.9. The van der Waals surface area contributed by atoms with Gasteiger partial charge >= 0.3 is 5.69 Å². The number of nitrogens with one attached hydrogen (secondary N) is 3. The van der Waals surface area contributed by atoms with Gasteiger partial charge in [0.2, 0.25) is 11.8 Å². The third kappa shape index (κ3) is 4.06. The van der Waals surface area contributed by atoms with Crippen LogP contribution in [0.2, 0.25) is 0 Å². The van der Waals surface area contributed by atoms with Gasteiger partial charge in [0.15, 0.2) is 0 Å². The number of aliphatic hydroxyl groups is 1. The number of hydrogen-bond acceptors (Lipinski definition) is 6. The molecule has 1 aromatic carbocycles. The molecule has 3 aromatic rings. The number of fused-ring (bicyclic) bond motifs is 1. The molecule has 1 fully saturated rings. The standard InChI is InChI=1S/C19H21N5O5/c1-10-4-13(29-23-10)7-17(26)24-9-12(25)6-16(24)18(27)20-8-11-2-3-14-15(5-11)22-19(28)21-14/h2-5,12,16,25H,6-9H2,1H3,(H,20,27)(H2,21,22,28)/t12-,16+/m1/s1. The molecule has 10 heteroatoms. The van der Waals surface area contributed by atoms with Gasteiger partial charge in [0.25, 0.3) is 0 Å².